The Labute approximate surface area is 339 Å². The van der Waals surface area contributed by atoms with Crippen LogP contribution < -0.4 is 21.5 Å². The number of anilines is 2. The molecule has 0 unspecified atom stereocenters. The lowest BCUT2D eigenvalue weighted by atomic mass is 10.0. The Hall–Kier alpha value is -1.93. The van der Waals surface area contributed by atoms with Gasteiger partial charge in [-0.2, -0.15) is 0 Å². The minimum atomic E-state index is -0.424. The smallest absolute Gasteiger partial charge is 0.306 e. The van der Waals surface area contributed by atoms with E-state index in [-0.39, 0.29) is 12.1 Å². The molecule has 0 radical (unpaired) electrons. The average molecular weight is 776 g/mol. The molecule has 0 saturated heterocycles. The molecule has 0 heterocycles. The molecule has 0 fully saturated rings. The van der Waals surface area contributed by atoms with Crippen LogP contribution in [0.2, 0.25) is 0 Å². The van der Waals surface area contributed by atoms with Gasteiger partial charge in [-0.05, 0) is 83.8 Å². The number of esters is 1. The molecule has 0 amide bonds. The largest absolute Gasteiger partial charge is 0.462 e. The molecule has 2 N–H and O–H groups in total. The first-order valence-electron chi connectivity index (χ1n) is 23.7. The highest BCUT2D eigenvalue weighted by molar-refractivity contribution is 5.73. The molecule has 0 aliphatic carbocycles. The Morgan fingerprint density at radius 1 is 0.527 bits per heavy atom. The van der Waals surface area contributed by atoms with Crippen LogP contribution in [0.1, 0.15) is 220 Å². The summed E-state index contributed by atoms with van der Waals surface area (Å²) in [5.41, 5.74) is 0.0130. The van der Waals surface area contributed by atoms with Gasteiger partial charge < -0.3 is 25.0 Å². The summed E-state index contributed by atoms with van der Waals surface area (Å²) >= 11 is 0. The molecule has 0 aliphatic rings. The monoisotopic (exact) mass is 776 g/mol. The second kappa shape index (κ2) is 37.6. The highest BCUT2D eigenvalue weighted by atomic mass is 16.5. The van der Waals surface area contributed by atoms with Gasteiger partial charge in [0.2, 0.25) is 0 Å². The maximum absolute atomic E-state index is 12.8. The van der Waals surface area contributed by atoms with Crippen LogP contribution in [0.15, 0.2) is 9.59 Å². The minimum absolute atomic E-state index is 0.0108. The highest BCUT2D eigenvalue weighted by Crippen LogP contribution is 2.19. The van der Waals surface area contributed by atoms with Crippen LogP contribution in [-0.2, 0) is 14.3 Å². The first-order chi connectivity index (χ1) is 27.0. The molecule has 1 aromatic rings. The lowest BCUT2D eigenvalue weighted by molar-refractivity contribution is -0.150. The molecule has 322 valence electrons. The third-order valence-electron chi connectivity index (χ3n) is 11.2. The Morgan fingerprint density at radius 3 is 1.45 bits per heavy atom. The van der Waals surface area contributed by atoms with Gasteiger partial charge in [0.15, 0.2) is 0 Å². The van der Waals surface area contributed by atoms with Crippen molar-refractivity contribution in [3.8, 4) is 0 Å². The Balaban J connectivity index is 2.35. The standard InChI is InChI=1S/C47H89N3O5/c1-5-8-11-14-18-25-33-42(34-26-19-15-12-9-6-2)55-43(51)35-27-20-17-21-28-37-50(39-32-36-49-45-44(48-4)46(52)47(45)53)38-29-22-24-31-41-54-40-30-23-16-13-10-7-3/h42,48-49H,5-41H2,1-4H3. The summed E-state index contributed by atoms with van der Waals surface area (Å²) in [7, 11) is 1.68. The van der Waals surface area contributed by atoms with Crippen molar-refractivity contribution in [3.63, 3.8) is 0 Å². The van der Waals surface area contributed by atoms with E-state index in [2.05, 4.69) is 36.3 Å². The summed E-state index contributed by atoms with van der Waals surface area (Å²) in [6.45, 7) is 12.4. The Morgan fingerprint density at radius 2 is 0.945 bits per heavy atom. The number of carbonyl (C=O) groups excluding carboxylic acids is 1. The van der Waals surface area contributed by atoms with Crippen molar-refractivity contribution in [3.05, 3.63) is 20.4 Å². The van der Waals surface area contributed by atoms with E-state index in [1.807, 2.05) is 0 Å². The summed E-state index contributed by atoms with van der Waals surface area (Å²) in [6.07, 6.45) is 37.0. The first kappa shape index (κ1) is 51.1. The molecule has 8 heteroatoms. The van der Waals surface area contributed by atoms with E-state index in [1.54, 1.807) is 7.05 Å². The second-order valence-corrected chi connectivity index (χ2v) is 16.3. The number of unbranched alkanes of at least 4 members (excludes halogenated alkanes) is 22. The van der Waals surface area contributed by atoms with Crippen LogP contribution >= 0.6 is 0 Å². The molecule has 0 saturated carbocycles. The van der Waals surface area contributed by atoms with Crippen molar-refractivity contribution >= 4 is 17.3 Å². The van der Waals surface area contributed by atoms with Crippen molar-refractivity contribution in [2.75, 3.05) is 57.1 Å². The van der Waals surface area contributed by atoms with Crippen molar-refractivity contribution in [1.82, 2.24) is 4.90 Å². The highest BCUT2D eigenvalue weighted by Gasteiger charge is 2.19. The van der Waals surface area contributed by atoms with Crippen molar-refractivity contribution in [1.29, 1.82) is 0 Å². The summed E-state index contributed by atoms with van der Waals surface area (Å²) in [4.78, 5) is 39.1. The van der Waals surface area contributed by atoms with Gasteiger partial charge in [0.05, 0.1) is 0 Å². The number of ether oxygens (including phenoxy) is 2. The number of hydrogen-bond donors (Lipinski definition) is 2. The topological polar surface area (TPSA) is 97.0 Å². The second-order valence-electron chi connectivity index (χ2n) is 16.3. The molecule has 55 heavy (non-hydrogen) atoms. The van der Waals surface area contributed by atoms with Crippen molar-refractivity contribution in [2.24, 2.45) is 0 Å². The fourth-order valence-electron chi connectivity index (χ4n) is 7.58. The summed E-state index contributed by atoms with van der Waals surface area (Å²) < 4.78 is 11.9. The minimum Gasteiger partial charge on any atom is -0.462 e. The zero-order chi connectivity index (χ0) is 40.0. The van der Waals surface area contributed by atoms with Gasteiger partial charge in [0, 0.05) is 33.2 Å². The van der Waals surface area contributed by atoms with Gasteiger partial charge in [-0.1, -0.05) is 149 Å². The summed E-state index contributed by atoms with van der Waals surface area (Å²) in [5.74, 6) is 0.0108. The first-order valence-corrected chi connectivity index (χ1v) is 23.7. The van der Waals surface area contributed by atoms with E-state index < -0.39 is 10.9 Å². The zero-order valence-electron chi connectivity index (χ0n) is 36.7. The van der Waals surface area contributed by atoms with Gasteiger partial charge in [-0.3, -0.25) is 14.4 Å². The van der Waals surface area contributed by atoms with Crippen LogP contribution in [0, 0.1) is 0 Å². The molecular weight excluding hydrogens is 687 g/mol. The maximum Gasteiger partial charge on any atom is 0.306 e. The van der Waals surface area contributed by atoms with E-state index in [9.17, 15) is 14.4 Å². The predicted molar refractivity (Wildman–Crippen MR) is 237 cm³/mol. The van der Waals surface area contributed by atoms with Crippen LogP contribution in [-0.4, -0.2) is 63.4 Å². The predicted octanol–water partition coefficient (Wildman–Crippen LogP) is 12.1. The molecule has 0 aromatic heterocycles. The van der Waals surface area contributed by atoms with Crippen LogP contribution in [0.4, 0.5) is 11.4 Å². The fraction of sp³-hybridized carbons (Fsp3) is 0.894. The van der Waals surface area contributed by atoms with Crippen LogP contribution in [0.3, 0.4) is 0 Å². The van der Waals surface area contributed by atoms with Gasteiger partial charge in [-0.15, -0.1) is 0 Å². The molecule has 8 nitrogen and oxygen atoms in total. The zero-order valence-corrected chi connectivity index (χ0v) is 36.7. The van der Waals surface area contributed by atoms with Crippen LogP contribution in [0.25, 0.3) is 0 Å². The van der Waals surface area contributed by atoms with E-state index in [0.29, 0.717) is 24.3 Å². The number of nitrogens with zero attached hydrogens (tertiary/aromatic N) is 1. The van der Waals surface area contributed by atoms with E-state index >= 15 is 0 Å². The van der Waals surface area contributed by atoms with Crippen LogP contribution in [0.5, 0.6) is 0 Å². The van der Waals surface area contributed by atoms with Crippen molar-refractivity contribution in [2.45, 2.75) is 226 Å². The van der Waals surface area contributed by atoms with Gasteiger partial charge in [0.25, 0.3) is 10.9 Å². The molecule has 0 aliphatic heterocycles. The lowest BCUT2D eigenvalue weighted by Gasteiger charge is -2.23. The number of hydrogen-bond acceptors (Lipinski definition) is 8. The molecule has 0 atom stereocenters. The molecule has 1 aromatic carbocycles. The van der Waals surface area contributed by atoms with E-state index in [1.165, 1.54) is 141 Å². The maximum atomic E-state index is 12.8. The molecule has 0 spiro atoms. The Bertz CT molecular complexity index is 1060. The van der Waals surface area contributed by atoms with E-state index in [0.717, 1.165) is 84.2 Å². The third kappa shape index (κ3) is 28.2. The number of rotatable bonds is 43. The number of nitrogens with one attached hydrogen (secondary N) is 2. The molecule has 0 bridgehead atoms. The summed E-state index contributed by atoms with van der Waals surface area (Å²) in [6, 6.07) is 0. The van der Waals surface area contributed by atoms with E-state index in [4.69, 9.17) is 9.47 Å². The van der Waals surface area contributed by atoms with Gasteiger partial charge in [-0.25, -0.2) is 0 Å². The quantitative estimate of drug-likeness (QED) is 0.0384. The molecular formula is C47H89N3O5. The summed E-state index contributed by atoms with van der Waals surface area (Å²) in [5, 5.41) is 6.03. The third-order valence-corrected chi connectivity index (χ3v) is 11.2. The fourth-order valence-corrected chi connectivity index (χ4v) is 7.58. The normalized spacial score (nSPS) is 11.7. The average Bonchev–Trinajstić information content (AvgIpc) is 3.19. The number of carbonyl (C=O) groups is 1. The van der Waals surface area contributed by atoms with Crippen molar-refractivity contribution < 1.29 is 14.3 Å². The SMILES string of the molecule is CCCCCCCCOCCCCCCN(CCCCCCCC(=O)OC(CCCCCCCC)CCCCCCCC)CCCNc1c(NC)c(=O)c1=O. The Kier molecular flexibility index (Phi) is 35.0. The van der Waals surface area contributed by atoms with Gasteiger partial charge >= 0.3 is 5.97 Å². The lowest BCUT2D eigenvalue weighted by Crippen LogP contribution is -2.37. The van der Waals surface area contributed by atoms with Gasteiger partial charge in [0.1, 0.15) is 17.5 Å². The molecule has 1 rings (SSSR count).